The number of rotatable bonds is 4. The van der Waals surface area contributed by atoms with Gasteiger partial charge in [-0.25, -0.2) is 0 Å². The van der Waals surface area contributed by atoms with Gasteiger partial charge in [-0.2, -0.15) is 0 Å². The highest BCUT2D eigenvalue weighted by Gasteiger charge is 2.50. The smallest absolute Gasteiger partial charge is 0.256 e. The van der Waals surface area contributed by atoms with Crippen LogP contribution in [0.5, 0.6) is 0 Å². The van der Waals surface area contributed by atoms with Crippen LogP contribution in [-0.4, -0.2) is 53.8 Å². The van der Waals surface area contributed by atoms with Gasteiger partial charge in [0, 0.05) is 36.5 Å². The lowest BCUT2D eigenvalue weighted by atomic mass is 9.96. The van der Waals surface area contributed by atoms with Crippen molar-refractivity contribution in [3.63, 3.8) is 0 Å². The molecule has 0 radical (unpaired) electrons. The second-order valence-electron chi connectivity index (χ2n) is 9.43. The van der Waals surface area contributed by atoms with Crippen LogP contribution in [0.3, 0.4) is 0 Å². The first-order valence-corrected chi connectivity index (χ1v) is 11.3. The summed E-state index contributed by atoms with van der Waals surface area (Å²) in [6, 6.07) is 16.8. The maximum absolute atomic E-state index is 13.4. The van der Waals surface area contributed by atoms with Gasteiger partial charge in [0.25, 0.3) is 5.91 Å². The number of furan rings is 1. The van der Waals surface area contributed by atoms with E-state index < -0.39 is 5.54 Å². The molecule has 1 saturated heterocycles. The lowest BCUT2D eigenvalue weighted by molar-refractivity contribution is -0.131. The van der Waals surface area contributed by atoms with Crippen molar-refractivity contribution in [3.8, 4) is 11.1 Å². The molecule has 2 aliphatic heterocycles. The molecule has 3 heterocycles. The summed E-state index contributed by atoms with van der Waals surface area (Å²) in [5.74, 6) is 1.64. The molecule has 1 amide bonds. The van der Waals surface area contributed by atoms with Crippen molar-refractivity contribution < 1.29 is 9.21 Å². The Morgan fingerprint density at radius 3 is 2.45 bits per heavy atom. The van der Waals surface area contributed by atoms with Crippen molar-refractivity contribution in [1.82, 2.24) is 9.80 Å². The van der Waals surface area contributed by atoms with E-state index in [-0.39, 0.29) is 5.91 Å². The first-order valence-electron chi connectivity index (χ1n) is 11.3. The SMILES string of the molecule is CN1CC(CN2C(=O)C3(CCCC3)N=C2c2ccc(-c3ccc4occc4c3)cc2)C1. The van der Waals surface area contributed by atoms with Gasteiger partial charge in [0.1, 0.15) is 17.0 Å². The number of fused-ring (bicyclic) bond motifs is 1. The second-order valence-corrected chi connectivity index (χ2v) is 9.43. The van der Waals surface area contributed by atoms with Crippen molar-refractivity contribution in [2.24, 2.45) is 10.9 Å². The predicted octanol–water partition coefficient (Wildman–Crippen LogP) is 4.56. The largest absolute Gasteiger partial charge is 0.464 e. The minimum absolute atomic E-state index is 0.226. The molecule has 2 fully saturated rings. The zero-order chi connectivity index (χ0) is 21.0. The fraction of sp³-hybridized carbons (Fsp3) is 0.385. The van der Waals surface area contributed by atoms with E-state index in [4.69, 9.17) is 9.41 Å². The first kappa shape index (κ1) is 18.8. The van der Waals surface area contributed by atoms with Gasteiger partial charge in [0.2, 0.25) is 0 Å². The minimum atomic E-state index is -0.504. The number of amides is 1. The maximum atomic E-state index is 13.4. The van der Waals surface area contributed by atoms with E-state index in [0.29, 0.717) is 5.92 Å². The fourth-order valence-corrected chi connectivity index (χ4v) is 5.49. The normalized spacial score (nSPS) is 21.3. The van der Waals surface area contributed by atoms with Crippen LogP contribution in [0, 0.1) is 5.92 Å². The van der Waals surface area contributed by atoms with E-state index in [1.165, 1.54) is 0 Å². The monoisotopic (exact) mass is 413 g/mol. The second kappa shape index (κ2) is 7.06. The molecule has 0 unspecified atom stereocenters. The van der Waals surface area contributed by atoms with Gasteiger partial charge in [-0.1, -0.05) is 43.2 Å². The molecule has 0 bridgehead atoms. The number of carbonyl (C=O) groups is 1. The fourth-order valence-electron chi connectivity index (χ4n) is 5.49. The third kappa shape index (κ3) is 3.10. The van der Waals surface area contributed by atoms with E-state index in [1.807, 2.05) is 17.0 Å². The van der Waals surface area contributed by atoms with Gasteiger partial charge < -0.3 is 9.32 Å². The Morgan fingerprint density at radius 2 is 1.71 bits per heavy atom. The topological polar surface area (TPSA) is 49.0 Å². The molecule has 1 aromatic heterocycles. The van der Waals surface area contributed by atoms with Crippen molar-refractivity contribution in [3.05, 3.63) is 60.4 Å². The molecule has 1 spiro atoms. The molecule has 1 aliphatic carbocycles. The van der Waals surface area contributed by atoms with Gasteiger partial charge >= 0.3 is 0 Å². The summed E-state index contributed by atoms with van der Waals surface area (Å²) < 4.78 is 5.46. The first-order chi connectivity index (χ1) is 15.1. The Morgan fingerprint density at radius 1 is 1.00 bits per heavy atom. The number of likely N-dealkylation sites (tertiary alicyclic amines) is 1. The number of aliphatic imine (C=N–C) groups is 1. The highest BCUT2D eigenvalue weighted by molar-refractivity contribution is 6.15. The van der Waals surface area contributed by atoms with E-state index in [1.54, 1.807) is 6.26 Å². The summed E-state index contributed by atoms with van der Waals surface area (Å²) in [5.41, 5.74) is 3.75. The molecule has 6 rings (SSSR count). The zero-order valence-corrected chi connectivity index (χ0v) is 17.9. The molecule has 3 aliphatic rings. The summed E-state index contributed by atoms with van der Waals surface area (Å²) in [7, 11) is 2.13. The predicted molar refractivity (Wildman–Crippen MR) is 122 cm³/mol. The summed E-state index contributed by atoms with van der Waals surface area (Å²) in [4.78, 5) is 22.8. The van der Waals surface area contributed by atoms with Crippen molar-refractivity contribution in [1.29, 1.82) is 0 Å². The van der Waals surface area contributed by atoms with Gasteiger partial charge in [0.05, 0.1) is 6.26 Å². The number of amidine groups is 1. The van der Waals surface area contributed by atoms with Crippen LogP contribution in [0.25, 0.3) is 22.1 Å². The Labute approximate surface area is 182 Å². The van der Waals surface area contributed by atoms with Crippen LogP contribution in [-0.2, 0) is 4.79 Å². The molecular formula is C26H27N3O2. The van der Waals surface area contributed by atoms with Crippen LogP contribution >= 0.6 is 0 Å². The van der Waals surface area contributed by atoms with E-state index in [2.05, 4.69) is 48.3 Å². The third-order valence-electron chi connectivity index (χ3n) is 7.16. The number of carbonyl (C=O) groups excluding carboxylic acids is 1. The van der Waals surface area contributed by atoms with E-state index in [9.17, 15) is 4.79 Å². The highest BCUT2D eigenvalue weighted by atomic mass is 16.3. The molecule has 2 aromatic carbocycles. The number of nitrogens with zero attached hydrogens (tertiary/aromatic N) is 3. The van der Waals surface area contributed by atoms with Crippen molar-refractivity contribution >= 4 is 22.7 Å². The summed E-state index contributed by atoms with van der Waals surface area (Å²) in [6.07, 6.45) is 5.69. The molecule has 5 nitrogen and oxygen atoms in total. The van der Waals surface area contributed by atoms with Gasteiger partial charge in [0.15, 0.2) is 0 Å². The average Bonchev–Trinajstić information content (AvgIpc) is 3.49. The summed E-state index contributed by atoms with van der Waals surface area (Å²) in [5, 5.41) is 1.10. The number of benzene rings is 2. The molecule has 0 N–H and O–H groups in total. The zero-order valence-electron chi connectivity index (χ0n) is 17.9. The minimum Gasteiger partial charge on any atom is -0.464 e. The van der Waals surface area contributed by atoms with Crippen molar-refractivity contribution in [2.75, 3.05) is 26.7 Å². The maximum Gasteiger partial charge on any atom is 0.256 e. The van der Waals surface area contributed by atoms with Gasteiger partial charge in [-0.15, -0.1) is 0 Å². The van der Waals surface area contributed by atoms with E-state index in [0.717, 1.165) is 78.8 Å². The Balaban J connectivity index is 1.32. The average molecular weight is 414 g/mol. The van der Waals surface area contributed by atoms with Crippen LogP contribution in [0.2, 0.25) is 0 Å². The summed E-state index contributed by atoms with van der Waals surface area (Å²) >= 11 is 0. The standard InChI is InChI=1S/C26H27N3O2/c1-28-15-18(16-28)17-29-24(27-26(25(29)30)11-2-3-12-26)20-6-4-19(5-7-20)21-8-9-23-22(14-21)10-13-31-23/h4-10,13-14,18H,2-3,11-12,15-17H2,1H3. The van der Waals surface area contributed by atoms with Crippen LogP contribution in [0.4, 0.5) is 0 Å². The van der Waals surface area contributed by atoms with Crippen LogP contribution in [0.15, 0.2) is 64.2 Å². The van der Waals surface area contributed by atoms with Gasteiger partial charge in [-0.3, -0.25) is 14.7 Å². The molecular weight excluding hydrogens is 386 g/mol. The third-order valence-corrected chi connectivity index (χ3v) is 7.16. The number of hydrogen-bond donors (Lipinski definition) is 0. The molecule has 5 heteroatoms. The van der Waals surface area contributed by atoms with Crippen molar-refractivity contribution in [2.45, 2.75) is 31.2 Å². The quantitative estimate of drug-likeness (QED) is 0.630. The Kier molecular flexibility index (Phi) is 4.29. The molecule has 3 aromatic rings. The summed E-state index contributed by atoms with van der Waals surface area (Å²) in [6.45, 7) is 2.89. The van der Waals surface area contributed by atoms with Crippen LogP contribution < -0.4 is 0 Å². The molecule has 0 atom stereocenters. The molecule has 158 valence electrons. The molecule has 31 heavy (non-hydrogen) atoms. The highest BCUT2D eigenvalue weighted by Crippen LogP contribution is 2.40. The van der Waals surface area contributed by atoms with Crippen LogP contribution in [0.1, 0.15) is 31.2 Å². The molecule has 1 saturated carbocycles. The Bertz CT molecular complexity index is 1160. The lowest BCUT2D eigenvalue weighted by Crippen LogP contribution is -2.52. The number of hydrogen-bond acceptors (Lipinski definition) is 4. The lowest BCUT2D eigenvalue weighted by Gasteiger charge is -2.38. The van der Waals surface area contributed by atoms with E-state index >= 15 is 0 Å². The Hall–Kier alpha value is -2.92. The van der Waals surface area contributed by atoms with Gasteiger partial charge in [-0.05, 0) is 49.2 Å².